The molecule has 3 heteroatoms. The molecule has 0 bridgehead atoms. The van der Waals surface area contributed by atoms with Crippen molar-refractivity contribution in [2.45, 2.75) is 67.2 Å². The lowest BCUT2D eigenvalue weighted by Gasteiger charge is -2.19. The quantitative estimate of drug-likeness (QED) is 0.778. The second-order valence-electron chi connectivity index (χ2n) is 4.89. The molecule has 0 heterocycles. The maximum atomic E-state index is 10.9. The summed E-state index contributed by atoms with van der Waals surface area (Å²) in [5, 5.41) is 2.74. The normalized spacial score (nSPS) is 10.2. The van der Waals surface area contributed by atoms with Gasteiger partial charge in [-0.2, -0.15) is 0 Å². The summed E-state index contributed by atoms with van der Waals surface area (Å²) in [5.41, 5.74) is -0.0885. The Kier molecular flexibility index (Phi) is 11.2. The second kappa shape index (κ2) is 10.3. The number of rotatable bonds is 6. The number of hydrogen-bond acceptors (Lipinski definition) is 2. The van der Waals surface area contributed by atoms with Crippen LogP contribution >= 0.6 is 0 Å². The van der Waals surface area contributed by atoms with Crippen molar-refractivity contribution >= 4 is 11.7 Å². The van der Waals surface area contributed by atoms with Gasteiger partial charge in [-0.05, 0) is 19.8 Å². The Balaban J connectivity index is 0. The van der Waals surface area contributed by atoms with Crippen LogP contribution in [0.15, 0.2) is 0 Å². The van der Waals surface area contributed by atoms with Crippen LogP contribution in [0.3, 0.4) is 0 Å². The predicted octanol–water partition coefficient (Wildman–Crippen LogP) is 3.32. The van der Waals surface area contributed by atoms with Gasteiger partial charge in [-0.3, -0.25) is 9.59 Å². The lowest BCUT2D eigenvalue weighted by molar-refractivity contribution is -0.125. The number of hydrogen-bond donors (Lipinski definition) is 1. The van der Waals surface area contributed by atoms with Crippen LogP contribution in [0, 0.1) is 5.41 Å². The fraction of sp³-hybridized carbons (Fsp3) is 0.857. The fourth-order valence-corrected chi connectivity index (χ4v) is 1.19. The predicted molar refractivity (Wildman–Crippen MR) is 73.0 cm³/mol. The summed E-state index contributed by atoms with van der Waals surface area (Å²) in [5.74, 6) is 0.441. The summed E-state index contributed by atoms with van der Waals surface area (Å²) in [6.07, 6.45) is 3.71. The van der Waals surface area contributed by atoms with Gasteiger partial charge in [0.15, 0.2) is 0 Å². The van der Waals surface area contributed by atoms with Gasteiger partial charge in [0.25, 0.3) is 0 Å². The minimum absolute atomic E-state index is 0.0885. The molecule has 0 aromatic rings. The molecule has 0 spiro atoms. The topological polar surface area (TPSA) is 46.2 Å². The van der Waals surface area contributed by atoms with E-state index in [0.717, 1.165) is 25.8 Å². The zero-order valence-electron chi connectivity index (χ0n) is 12.4. The number of nitrogens with one attached hydrogen (secondary N) is 1. The molecule has 0 rings (SSSR count). The van der Waals surface area contributed by atoms with Crippen LogP contribution in [-0.4, -0.2) is 18.2 Å². The van der Waals surface area contributed by atoms with E-state index < -0.39 is 0 Å². The third-order valence-electron chi connectivity index (χ3n) is 2.72. The summed E-state index contributed by atoms with van der Waals surface area (Å²) in [6, 6.07) is 0. The average molecular weight is 243 g/mol. The van der Waals surface area contributed by atoms with E-state index in [1.54, 1.807) is 6.92 Å². The summed E-state index contributed by atoms with van der Waals surface area (Å²) in [6.45, 7) is 12.5. The molecule has 0 radical (unpaired) electrons. The lowest BCUT2D eigenvalue weighted by Crippen LogP contribution is -2.22. The first-order valence-electron chi connectivity index (χ1n) is 6.59. The van der Waals surface area contributed by atoms with Crippen molar-refractivity contribution in [3.63, 3.8) is 0 Å². The monoisotopic (exact) mass is 243 g/mol. The van der Waals surface area contributed by atoms with E-state index >= 15 is 0 Å². The molecule has 0 saturated heterocycles. The van der Waals surface area contributed by atoms with Crippen molar-refractivity contribution in [1.82, 2.24) is 5.32 Å². The molecule has 1 amide bonds. The maximum absolute atomic E-state index is 10.9. The molecule has 0 aromatic carbocycles. The first-order valence-corrected chi connectivity index (χ1v) is 6.59. The molecule has 102 valence electrons. The second-order valence-corrected chi connectivity index (χ2v) is 4.89. The maximum Gasteiger partial charge on any atom is 0.219 e. The first-order chi connectivity index (χ1) is 7.81. The molecular weight excluding hydrogens is 214 g/mol. The molecule has 0 aliphatic heterocycles. The Morgan fingerprint density at radius 2 is 1.59 bits per heavy atom. The molecule has 0 atom stereocenters. The Morgan fingerprint density at radius 1 is 1.06 bits per heavy atom. The molecule has 0 fully saturated rings. The fourth-order valence-electron chi connectivity index (χ4n) is 1.19. The molecule has 0 aliphatic carbocycles. The van der Waals surface area contributed by atoms with Crippen LogP contribution in [-0.2, 0) is 9.59 Å². The lowest BCUT2D eigenvalue weighted by atomic mass is 9.84. The van der Waals surface area contributed by atoms with Gasteiger partial charge in [-0.25, -0.2) is 0 Å². The summed E-state index contributed by atoms with van der Waals surface area (Å²) in [4.78, 5) is 21.3. The third-order valence-corrected chi connectivity index (χ3v) is 2.72. The number of ketones is 1. The zero-order chi connectivity index (χ0) is 13.9. The number of carbonyl (C=O) groups is 2. The smallest absolute Gasteiger partial charge is 0.219 e. The van der Waals surface area contributed by atoms with Crippen LogP contribution in [0.4, 0.5) is 0 Å². The Bertz CT molecular complexity index is 222. The molecule has 0 saturated carbocycles. The van der Waals surface area contributed by atoms with Crippen LogP contribution in [0.5, 0.6) is 0 Å². The van der Waals surface area contributed by atoms with Gasteiger partial charge in [0.05, 0.1) is 0 Å². The van der Waals surface area contributed by atoms with Crippen LogP contribution in [0.1, 0.15) is 67.2 Å². The van der Waals surface area contributed by atoms with E-state index in [-0.39, 0.29) is 11.3 Å². The van der Waals surface area contributed by atoms with Crippen molar-refractivity contribution < 1.29 is 9.59 Å². The molecule has 3 nitrogen and oxygen atoms in total. The van der Waals surface area contributed by atoms with E-state index in [4.69, 9.17) is 0 Å². The third kappa shape index (κ3) is 11.4. The Hall–Kier alpha value is -0.860. The van der Waals surface area contributed by atoms with Crippen molar-refractivity contribution in [3.8, 4) is 0 Å². The highest BCUT2D eigenvalue weighted by molar-refractivity contribution is 5.81. The minimum atomic E-state index is -0.0885. The molecule has 0 aliphatic rings. The first kappa shape index (κ1) is 18.5. The molecule has 0 aromatic heterocycles. The SMILES string of the molecule is CCCC(C)(C)C(C)=O.CCCNC(=O)CC. The van der Waals surface area contributed by atoms with Crippen molar-refractivity contribution in [1.29, 1.82) is 0 Å². The summed E-state index contributed by atoms with van der Waals surface area (Å²) in [7, 11) is 0. The molecule has 1 N–H and O–H groups in total. The Morgan fingerprint density at radius 3 is 1.82 bits per heavy atom. The van der Waals surface area contributed by atoms with Gasteiger partial charge in [0.2, 0.25) is 5.91 Å². The van der Waals surface area contributed by atoms with E-state index in [1.807, 2.05) is 27.7 Å². The minimum Gasteiger partial charge on any atom is -0.356 e. The van der Waals surface area contributed by atoms with E-state index in [2.05, 4.69) is 12.2 Å². The van der Waals surface area contributed by atoms with Crippen LogP contribution < -0.4 is 5.32 Å². The average Bonchev–Trinajstić information content (AvgIpc) is 2.26. The van der Waals surface area contributed by atoms with E-state index in [0.29, 0.717) is 12.2 Å². The highest BCUT2D eigenvalue weighted by Crippen LogP contribution is 2.22. The standard InChI is InChI=1S/C8H16O.C6H13NO/c1-5-6-8(3,4)7(2)9;1-3-5-7-6(8)4-2/h5-6H2,1-4H3;3-5H2,1-2H3,(H,7,8). The van der Waals surface area contributed by atoms with Gasteiger partial charge < -0.3 is 5.32 Å². The zero-order valence-corrected chi connectivity index (χ0v) is 12.4. The van der Waals surface area contributed by atoms with Gasteiger partial charge in [-0.1, -0.05) is 41.0 Å². The number of Topliss-reactive ketones (excluding diaryl/α,β-unsaturated/α-hetero) is 1. The van der Waals surface area contributed by atoms with Crippen LogP contribution in [0.25, 0.3) is 0 Å². The van der Waals surface area contributed by atoms with Crippen molar-refractivity contribution in [2.75, 3.05) is 6.54 Å². The Labute approximate surface area is 106 Å². The van der Waals surface area contributed by atoms with Gasteiger partial charge in [0.1, 0.15) is 5.78 Å². The molecule has 0 unspecified atom stereocenters. The number of amides is 1. The highest BCUT2D eigenvalue weighted by atomic mass is 16.1. The molecular formula is C14H29NO2. The van der Waals surface area contributed by atoms with Crippen molar-refractivity contribution in [3.05, 3.63) is 0 Å². The summed E-state index contributed by atoms with van der Waals surface area (Å²) < 4.78 is 0. The molecule has 17 heavy (non-hydrogen) atoms. The van der Waals surface area contributed by atoms with Gasteiger partial charge in [-0.15, -0.1) is 0 Å². The van der Waals surface area contributed by atoms with Gasteiger partial charge in [0, 0.05) is 18.4 Å². The van der Waals surface area contributed by atoms with Crippen LogP contribution in [0.2, 0.25) is 0 Å². The van der Waals surface area contributed by atoms with E-state index in [9.17, 15) is 9.59 Å². The largest absolute Gasteiger partial charge is 0.356 e. The van der Waals surface area contributed by atoms with E-state index in [1.165, 1.54) is 0 Å². The number of carbonyl (C=O) groups excluding carboxylic acids is 2. The summed E-state index contributed by atoms with van der Waals surface area (Å²) >= 11 is 0. The van der Waals surface area contributed by atoms with Gasteiger partial charge >= 0.3 is 0 Å². The highest BCUT2D eigenvalue weighted by Gasteiger charge is 2.21. The van der Waals surface area contributed by atoms with Crippen molar-refractivity contribution in [2.24, 2.45) is 5.41 Å².